The molecule has 1 fully saturated rings. The zero-order valence-corrected chi connectivity index (χ0v) is 7.76. The van der Waals surface area contributed by atoms with E-state index < -0.39 is 6.43 Å². The van der Waals surface area contributed by atoms with Gasteiger partial charge in [0, 0.05) is 0 Å². The molecule has 0 amide bonds. The van der Waals surface area contributed by atoms with E-state index >= 15 is 0 Å². The molecule has 0 atom stereocenters. The van der Waals surface area contributed by atoms with Gasteiger partial charge in [-0.2, -0.15) is 5.10 Å². The molecule has 2 nitrogen and oxygen atoms in total. The molecule has 1 saturated carbocycles. The lowest BCUT2D eigenvalue weighted by atomic mass is 10.5. The second-order valence-corrected chi connectivity index (χ2v) is 3.68. The number of halogens is 3. The van der Waals surface area contributed by atoms with Crippen LogP contribution >= 0.6 is 15.9 Å². The molecule has 12 heavy (non-hydrogen) atoms. The van der Waals surface area contributed by atoms with Gasteiger partial charge >= 0.3 is 0 Å². The second kappa shape index (κ2) is 2.80. The molecule has 66 valence electrons. The van der Waals surface area contributed by atoms with Crippen molar-refractivity contribution in [2.24, 2.45) is 0 Å². The Morgan fingerprint density at radius 2 is 2.25 bits per heavy atom. The summed E-state index contributed by atoms with van der Waals surface area (Å²) in [5.41, 5.74) is -0.145. The molecular formula is C7H7BrF2N2. The number of aromatic nitrogens is 2. The maximum atomic E-state index is 12.1. The Hall–Kier alpha value is -0.450. The highest BCUT2D eigenvalue weighted by Crippen LogP contribution is 2.37. The van der Waals surface area contributed by atoms with Crippen LogP contribution in [-0.2, 0) is 0 Å². The molecular weight excluding hydrogens is 230 g/mol. The molecule has 0 unspecified atom stereocenters. The van der Waals surface area contributed by atoms with E-state index in [2.05, 4.69) is 21.0 Å². The van der Waals surface area contributed by atoms with Gasteiger partial charge < -0.3 is 0 Å². The molecule has 1 aliphatic carbocycles. The Morgan fingerprint density at radius 1 is 1.58 bits per heavy atom. The summed E-state index contributed by atoms with van der Waals surface area (Å²) in [5.74, 6) is 0. The van der Waals surface area contributed by atoms with Crippen LogP contribution in [0.1, 0.15) is 31.0 Å². The van der Waals surface area contributed by atoms with Crippen molar-refractivity contribution < 1.29 is 8.78 Å². The fourth-order valence-corrected chi connectivity index (χ4v) is 1.67. The van der Waals surface area contributed by atoms with Gasteiger partial charge in [0.05, 0.1) is 6.04 Å². The minimum absolute atomic E-state index is 0.145. The van der Waals surface area contributed by atoms with E-state index in [9.17, 15) is 8.78 Å². The Bertz CT molecular complexity index is 294. The largest absolute Gasteiger partial charge is 0.282 e. The van der Waals surface area contributed by atoms with Crippen LogP contribution in [0.5, 0.6) is 0 Å². The van der Waals surface area contributed by atoms with Crippen LogP contribution in [-0.4, -0.2) is 9.78 Å². The molecule has 1 aromatic rings. The van der Waals surface area contributed by atoms with Crippen molar-refractivity contribution in [3.8, 4) is 0 Å². The monoisotopic (exact) mass is 236 g/mol. The van der Waals surface area contributed by atoms with Gasteiger partial charge in [0.15, 0.2) is 0 Å². The smallest absolute Gasteiger partial charge is 0.255 e. The van der Waals surface area contributed by atoms with Gasteiger partial charge in [0.1, 0.15) is 10.3 Å². The number of alkyl halides is 2. The van der Waals surface area contributed by atoms with Crippen LogP contribution in [0.3, 0.4) is 0 Å². The lowest BCUT2D eigenvalue weighted by Crippen LogP contribution is -1.97. The molecule has 0 spiro atoms. The molecule has 0 radical (unpaired) electrons. The predicted octanol–water partition coefficient (Wildman–Crippen LogP) is 2.92. The van der Waals surface area contributed by atoms with E-state index in [1.54, 1.807) is 4.68 Å². The number of hydrogen-bond acceptors (Lipinski definition) is 1. The molecule has 0 saturated heterocycles. The van der Waals surface area contributed by atoms with Crippen LogP contribution in [0.2, 0.25) is 0 Å². The first-order valence-corrected chi connectivity index (χ1v) is 4.51. The van der Waals surface area contributed by atoms with Crippen molar-refractivity contribution in [1.29, 1.82) is 0 Å². The van der Waals surface area contributed by atoms with Gasteiger partial charge in [-0.25, -0.2) is 8.78 Å². The van der Waals surface area contributed by atoms with Crippen molar-refractivity contribution in [2.75, 3.05) is 0 Å². The predicted molar refractivity (Wildman–Crippen MR) is 43.2 cm³/mol. The Balaban J connectivity index is 2.30. The average Bonchev–Trinajstić information content (AvgIpc) is 2.75. The standard InChI is InChI=1S/C7H7BrF2N2/c8-6-3-5(7(9)10)11-12(6)4-1-2-4/h3-4,7H,1-2H2. The first-order chi connectivity index (χ1) is 5.68. The summed E-state index contributed by atoms with van der Waals surface area (Å²) in [6, 6.07) is 1.72. The van der Waals surface area contributed by atoms with Gasteiger partial charge in [0.25, 0.3) is 6.43 Å². The van der Waals surface area contributed by atoms with Crippen molar-refractivity contribution in [1.82, 2.24) is 9.78 Å². The van der Waals surface area contributed by atoms with Gasteiger partial charge in [-0.05, 0) is 34.8 Å². The first-order valence-electron chi connectivity index (χ1n) is 3.71. The van der Waals surface area contributed by atoms with E-state index in [1.165, 1.54) is 6.07 Å². The zero-order chi connectivity index (χ0) is 8.72. The third kappa shape index (κ3) is 1.37. The van der Waals surface area contributed by atoms with Crippen LogP contribution in [0.25, 0.3) is 0 Å². The van der Waals surface area contributed by atoms with E-state index in [0.717, 1.165) is 12.8 Å². The molecule has 0 aliphatic heterocycles. The summed E-state index contributed by atoms with van der Waals surface area (Å²) in [4.78, 5) is 0. The van der Waals surface area contributed by atoms with Gasteiger partial charge in [0.2, 0.25) is 0 Å². The SMILES string of the molecule is FC(F)c1cc(Br)n(C2CC2)n1. The molecule has 1 aliphatic rings. The highest BCUT2D eigenvalue weighted by Gasteiger charge is 2.27. The van der Waals surface area contributed by atoms with E-state index in [-0.39, 0.29) is 5.69 Å². The number of rotatable bonds is 2. The zero-order valence-electron chi connectivity index (χ0n) is 6.17. The summed E-state index contributed by atoms with van der Waals surface area (Å²) < 4.78 is 26.6. The maximum absolute atomic E-state index is 12.1. The summed E-state index contributed by atoms with van der Waals surface area (Å²) >= 11 is 3.19. The molecule has 0 N–H and O–H groups in total. The Labute approximate surface area is 76.7 Å². The second-order valence-electron chi connectivity index (χ2n) is 2.87. The summed E-state index contributed by atoms with van der Waals surface area (Å²) in [6.07, 6.45) is -0.382. The molecule has 2 rings (SSSR count). The first kappa shape index (κ1) is 8.16. The molecule has 0 bridgehead atoms. The Kier molecular flexibility index (Phi) is 1.90. The third-order valence-electron chi connectivity index (χ3n) is 1.83. The van der Waals surface area contributed by atoms with Crippen molar-refractivity contribution in [3.63, 3.8) is 0 Å². The molecule has 1 aromatic heterocycles. The van der Waals surface area contributed by atoms with Crippen molar-refractivity contribution >= 4 is 15.9 Å². The van der Waals surface area contributed by atoms with Crippen LogP contribution in [0.4, 0.5) is 8.78 Å². The van der Waals surface area contributed by atoms with Crippen LogP contribution in [0, 0.1) is 0 Å². The fraction of sp³-hybridized carbons (Fsp3) is 0.571. The van der Waals surface area contributed by atoms with Crippen LogP contribution < -0.4 is 0 Å². The maximum Gasteiger partial charge on any atom is 0.282 e. The lowest BCUT2D eigenvalue weighted by Gasteiger charge is -1.97. The molecule has 0 aromatic carbocycles. The highest BCUT2D eigenvalue weighted by atomic mass is 79.9. The minimum atomic E-state index is -2.47. The van der Waals surface area contributed by atoms with E-state index in [0.29, 0.717) is 10.6 Å². The summed E-state index contributed by atoms with van der Waals surface area (Å²) in [6.45, 7) is 0. The third-order valence-corrected chi connectivity index (χ3v) is 2.42. The van der Waals surface area contributed by atoms with Crippen molar-refractivity contribution in [2.45, 2.75) is 25.3 Å². The Morgan fingerprint density at radius 3 is 2.67 bits per heavy atom. The van der Waals surface area contributed by atoms with Gasteiger partial charge in [-0.3, -0.25) is 4.68 Å². The van der Waals surface area contributed by atoms with Crippen molar-refractivity contribution in [3.05, 3.63) is 16.4 Å². The van der Waals surface area contributed by atoms with Gasteiger partial charge in [-0.1, -0.05) is 0 Å². The van der Waals surface area contributed by atoms with E-state index in [1.807, 2.05) is 0 Å². The number of hydrogen-bond donors (Lipinski definition) is 0. The quantitative estimate of drug-likeness (QED) is 0.773. The summed E-state index contributed by atoms with van der Waals surface area (Å²) in [7, 11) is 0. The average molecular weight is 237 g/mol. The molecule has 5 heteroatoms. The highest BCUT2D eigenvalue weighted by molar-refractivity contribution is 9.10. The summed E-state index contributed by atoms with van der Waals surface area (Å²) in [5, 5.41) is 3.79. The fourth-order valence-electron chi connectivity index (χ4n) is 1.07. The molecule has 1 heterocycles. The van der Waals surface area contributed by atoms with Crippen LogP contribution in [0.15, 0.2) is 10.7 Å². The van der Waals surface area contributed by atoms with Gasteiger partial charge in [-0.15, -0.1) is 0 Å². The minimum Gasteiger partial charge on any atom is -0.255 e. The normalized spacial score (nSPS) is 17.3. The lowest BCUT2D eigenvalue weighted by molar-refractivity contribution is 0.145. The van der Waals surface area contributed by atoms with E-state index in [4.69, 9.17) is 0 Å². The topological polar surface area (TPSA) is 17.8 Å². The number of nitrogens with zero attached hydrogens (tertiary/aromatic N) is 2.